The van der Waals surface area contributed by atoms with Crippen molar-refractivity contribution in [2.24, 2.45) is 5.92 Å². The lowest BCUT2D eigenvalue weighted by Gasteiger charge is -2.39. The quantitative estimate of drug-likeness (QED) is 0.427. The van der Waals surface area contributed by atoms with Gasteiger partial charge in [0.25, 0.3) is 0 Å². The minimum absolute atomic E-state index is 0.0135. The van der Waals surface area contributed by atoms with Crippen LogP contribution in [0, 0.1) is 5.92 Å². The first-order valence-electron chi connectivity index (χ1n) is 11.4. The Kier molecular flexibility index (Phi) is 9.42. The molecular formula is C26H31ClN2O4S. The van der Waals surface area contributed by atoms with Gasteiger partial charge in [0.05, 0.1) is 18.7 Å². The number of benzene rings is 2. The molecular weight excluding hydrogens is 472 g/mol. The number of hydrogen-bond donors (Lipinski definition) is 1. The van der Waals surface area contributed by atoms with Crippen molar-refractivity contribution < 1.29 is 19.1 Å². The number of carbonyl (C=O) groups excluding carboxylic acids is 3. The molecule has 0 aliphatic carbocycles. The van der Waals surface area contributed by atoms with Crippen LogP contribution in [0.4, 0.5) is 5.69 Å². The fourth-order valence-electron chi connectivity index (χ4n) is 4.22. The van der Waals surface area contributed by atoms with E-state index in [1.54, 1.807) is 18.2 Å². The fraction of sp³-hybridized carbons (Fsp3) is 0.423. The van der Waals surface area contributed by atoms with E-state index in [9.17, 15) is 14.4 Å². The summed E-state index contributed by atoms with van der Waals surface area (Å²) in [5.41, 5.74) is 2.00. The Morgan fingerprint density at radius 2 is 1.97 bits per heavy atom. The number of ether oxygens (including phenoxy) is 1. The number of amides is 2. The van der Waals surface area contributed by atoms with Crippen molar-refractivity contribution in [2.75, 3.05) is 24.7 Å². The van der Waals surface area contributed by atoms with Crippen LogP contribution < -0.4 is 10.1 Å². The van der Waals surface area contributed by atoms with Crippen LogP contribution in [0.25, 0.3) is 0 Å². The summed E-state index contributed by atoms with van der Waals surface area (Å²) in [7, 11) is 1.47. The standard InChI is InChI=1S/C26H31ClN2O4S/c1-17(2)34-13-12-29-23(18-4-8-21(27)9-5-18)11-7-19(26(29)32)14-25(31)28-22-10-6-20(16-30)24(15-22)33-3/h4-6,8-10,15-17,19,23H,7,11-14H2,1-3H3,(H,28,31). The summed E-state index contributed by atoms with van der Waals surface area (Å²) in [5.74, 6) is 0.639. The molecule has 0 saturated carbocycles. The van der Waals surface area contributed by atoms with E-state index in [4.69, 9.17) is 16.3 Å². The number of methoxy groups -OCH3 is 1. The van der Waals surface area contributed by atoms with Crippen molar-refractivity contribution in [3.63, 3.8) is 0 Å². The number of nitrogens with zero attached hydrogens (tertiary/aromatic N) is 1. The minimum Gasteiger partial charge on any atom is -0.496 e. The van der Waals surface area contributed by atoms with Crippen molar-refractivity contribution in [1.29, 1.82) is 0 Å². The predicted molar refractivity (Wildman–Crippen MR) is 138 cm³/mol. The SMILES string of the molecule is COc1cc(NC(=O)CC2CCC(c3ccc(Cl)cc3)N(CCSC(C)C)C2=O)ccc1C=O. The van der Waals surface area contributed by atoms with E-state index in [2.05, 4.69) is 19.2 Å². The van der Waals surface area contributed by atoms with Crippen molar-refractivity contribution in [1.82, 2.24) is 4.90 Å². The molecule has 0 bridgehead atoms. The zero-order chi connectivity index (χ0) is 24.7. The molecule has 3 rings (SSSR count). The van der Waals surface area contributed by atoms with Gasteiger partial charge in [0.2, 0.25) is 11.8 Å². The highest BCUT2D eigenvalue weighted by Crippen LogP contribution is 2.36. The number of thioether (sulfide) groups is 1. The van der Waals surface area contributed by atoms with Crippen LogP contribution in [-0.4, -0.2) is 47.7 Å². The van der Waals surface area contributed by atoms with E-state index in [1.807, 2.05) is 40.9 Å². The molecule has 1 fully saturated rings. The third kappa shape index (κ3) is 6.76. The molecule has 2 amide bonds. The van der Waals surface area contributed by atoms with Crippen LogP contribution in [0.3, 0.4) is 0 Å². The maximum Gasteiger partial charge on any atom is 0.226 e. The lowest BCUT2D eigenvalue weighted by Crippen LogP contribution is -2.45. The molecule has 2 atom stereocenters. The maximum atomic E-state index is 13.5. The van der Waals surface area contributed by atoms with Crippen LogP contribution in [-0.2, 0) is 9.59 Å². The number of piperidine rings is 1. The van der Waals surface area contributed by atoms with Crippen molar-refractivity contribution >= 4 is 47.2 Å². The number of nitrogens with one attached hydrogen (secondary N) is 1. The van der Waals surface area contributed by atoms with Gasteiger partial charge in [-0.25, -0.2) is 0 Å². The molecule has 0 spiro atoms. The first-order chi connectivity index (χ1) is 16.3. The molecule has 1 aliphatic heterocycles. The molecule has 0 radical (unpaired) electrons. The molecule has 34 heavy (non-hydrogen) atoms. The minimum atomic E-state index is -0.372. The zero-order valence-electron chi connectivity index (χ0n) is 19.8. The number of aldehydes is 1. The summed E-state index contributed by atoms with van der Waals surface area (Å²) in [6.45, 7) is 4.92. The third-order valence-electron chi connectivity index (χ3n) is 5.91. The number of likely N-dealkylation sites (tertiary alicyclic amines) is 1. The number of rotatable bonds is 10. The molecule has 1 aliphatic rings. The van der Waals surface area contributed by atoms with Gasteiger partial charge in [0.1, 0.15) is 5.75 Å². The van der Waals surface area contributed by atoms with E-state index in [0.29, 0.717) is 46.5 Å². The number of halogens is 1. The smallest absolute Gasteiger partial charge is 0.226 e. The number of hydrogen-bond acceptors (Lipinski definition) is 5. The lowest BCUT2D eigenvalue weighted by atomic mass is 9.86. The van der Waals surface area contributed by atoms with E-state index >= 15 is 0 Å². The van der Waals surface area contributed by atoms with Gasteiger partial charge in [-0.3, -0.25) is 14.4 Å². The summed E-state index contributed by atoms with van der Waals surface area (Å²) < 4.78 is 5.20. The van der Waals surface area contributed by atoms with Crippen LogP contribution in [0.5, 0.6) is 5.75 Å². The second kappa shape index (κ2) is 12.3. The lowest BCUT2D eigenvalue weighted by molar-refractivity contribution is -0.143. The highest BCUT2D eigenvalue weighted by atomic mass is 35.5. The van der Waals surface area contributed by atoms with E-state index in [0.717, 1.165) is 17.7 Å². The summed E-state index contributed by atoms with van der Waals surface area (Å²) in [6, 6.07) is 12.5. The van der Waals surface area contributed by atoms with Crippen LogP contribution in [0.1, 0.15) is 55.1 Å². The van der Waals surface area contributed by atoms with Gasteiger partial charge in [0, 0.05) is 41.4 Å². The van der Waals surface area contributed by atoms with Gasteiger partial charge in [-0.15, -0.1) is 0 Å². The Balaban J connectivity index is 1.70. The second-order valence-electron chi connectivity index (χ2n) is 8.62. The number of anilines is 1. The normalized spacial score (nSPS) is 18.1. The molecule has 1 heterocycles. The molecule has 2 aromatic rings. The molecule has 2 aromatic carbocycles. The van der Waals surface area contributed by atoms with Gasteiger partial charge in [0.15, 0.2) is 6.29 Å². The first-order valence-corrected chi connectivity index (χ1v) is 12.9. The number of carbonyl (C=O) groups is 3. The molecule has 0 aromatic heterocycles. The molecule has 6 nitrogen and oxygen atoms in total. The van der Waals surface area contributed by atoms with E-state index < -0.39 is 0 Å². The average Bonchev–Trinajstić information content (AvgIpc) is 2.81. The van der Waals surface area contributed by atoms with Gasteiger partial charge >= 0.3 is 0 Å². The summed E-state index contributed by atoms with van der Waals surface area (Å²) in [4.78, 5) is 39.3. The second-order valence-corrected chi connectivity index (χ2v) is 10.7. The third-order valence-corrected chi connectivity index (χ3v) is 7.25. The summed E-state index contributed by atoms with van der Waals surface area (Å²) >= 11 is 7.88. The molecule has 182 valence electrons. The van der Waals surface area contributed by atoms with Crippen LogP contribution in [0.15, 0.2) is 42.5 Å². The van der Waals surface area contributed by atoms with Crippen molar-refractivity contribution in [3.8, 4) is 5.75 Å². The Labute approximate surface area is 210 Å². The van der Waals surface area contributed by atoms with Gasteiger partial charge < -0.3 is 15.0 Å². The molecule has 2 unspecified atom stereocenters. The van der Waals surface area contributed by atoms with E-state index in [1.165, 1.54) is 7.11 Å². The first kappa shape index (κ1) is 26.1. The van der Waals surface area contributed by atoms with Crippen LogP contribution >= 0.6 is 23.4 Å². The molecule has 8 heteroatoms. The largest absolute Gasteiger partial charge is 0.496 e. The molecule has 1 saturated heterocycles. The summed E-state index contributed by atoms with van der Waals surface area (Å²) in [6.07, 6.45) is 2.24. The highest BCUT2D eigenvalue weighted by molar-refractivity contribution is 7.99. The monoisotopic (exact) mass is 502 g/mol. The van der Waals surface area contributed by atoms with Crippen LogP contribution in [0.2, 0.25) is 5.02 Å². The van der Waals surface area contributed by atoms with Gasteiger partial charge in [-0.05, 0) is 47.9 Å². The van der Waals surface area contributed by atoms with Gasteiger partial charge in [-0.1, -0.05) is 37.6 Å². The summed E-state index contributed by atoms with van der Waals surface area (Å²) in [5, 5.41) is 3.98. The fourth-order valence-corrected chi connectivity index (χ4v) is 5.12. The van der Waals surface area contributed by atoms with E-state index in [-0.39, 0.29) is 30.2 Å². The Morgan fingerprint density at radius 3 is 2.62 bits per heavy atom. The van der Waals surface area contributed by atoms with Crippen molar-refractivity contribution in [3.05, 3.63) is 58.6 Å². The maximum absolute atomic E-state index is 13.5. The Morgan fingerprint density at radius 1 is 1.24 bits per heavy atom. The molecule has 1 N–H and O–H groups in total. The zero-order valence-corrected chi connectivity index (χ0v) is 21.3. The average molecular weight is 503 g/mol. The van der Waals surface area contributed by atoms with Crippen molar-refractivity contribution in [2.45, 2.75) is 44.4 Å². The highest BCUT2D eigenvalue weighted by Gasteiger charge is 2.36. The predicted octanol–water partition coefficient (Wildman–Crippen LogP) is 5.61. The Bertz CT molecular complexity index is 1010. The Hall–Kier alpha value is -2.51. The topological polar surface area (TPSA) is 75.7 Å². The van der Waals surface area contributed by atoms with Gasteiger partial charge in [-0.2, -0.15) is 11.8 Å².